The Kier molecular flexibility index (Phi) is 2.05. The van der Waals surface area contributed by atoms with E-state index in [0.29, 0.717) is 5.71 Å². The number of benzene rings is 1. The Morgan fingerprint density at radius 3 is 2.88 bits per heavy atom. The van der Waals surface area contributed by atoms with Gasteiger partial charge in [-0.05, 0) is 17.5 Å². The number of nitrogens with one attached hydrogen (secondary N) is 2. The summed E-state index contributed by atoms with van der Waals surface area (Å²) < 4.78 is 0. The third-order valence-corrected chi connectivity index (χ3v) is 3.67. The minimum Gasteiger partial charge on any atom is -0.369 e. The van der Waals surface area contributed by atoms with Crippen molar-refractivity contribution in [1.29, 1.82) is 5.41 Å². The summed E-state index contributed by atoms with van der Waals surface area (Å²) in [6, 6.07) is 9.45. The third-order valence-electron chi connectivity index (χ3n) is 2.70. The molecule has 80 valence electrons. The molecule has 0 spiro atoms. The Morgan fingerprint density at radius 1 is 1.19 bits per heavy atom. The highest BCUT2D eigenvalue weighted by atomic mass is 32.1. The highest BCUT2D eigenvalue weighted by Gasteiger charge is 2.23. The van der Waals surface area contributed by atoms with E-state index in [0.717, 1.165) is 21.7 Å². The zero-order valence-corrected chi connectivity index (χ0v) is 9.21. The Balaban J connectivity index is 2.25. The third kappa shape index (κ3) is 1.27. The lowest BCUT2D eigenvalue weighted by Crippen LogP contribution is -2.07. The van der Waals surface area contributed by atoms with Crippen LogP contribution in [0, 0.1) is 5.41 Å². The first-order valence-corrected chi connectivity index (χ1v) is 5.85. The van der Waals surface area contributed by atoms with Crippen molar-refractivity contribution in [2.75, 3.05) is 5.32 Å². The van der Waals surface area contributed by atoms with Crippen LogP contribution >= 0.6 is 11.3 Å². The Morgan fingerprint density at radius 2 is 2.00 bits per heavy atom. The molecule has 3 nitrogen and oxygen atoms in total. The van der Waals surface area contributed by atoms with E-state index in [4.69, 9.17) is 5.41 Å². The van der Waals surface area contributed by atoms with Gasteiger partial charge >= 0.3 is 0 Å². The quantitative estimate of drug-likeness (QED) is 0.651. The average molecular weight is 230 g/mol. The van der Waals surface area contributed by atoms with Gasteiger partial charge in [0.05, 0.1) is 10.6 Å². The number of rotatable bonds is 0. The predicted octanol–water partition coefficient (Wildman–Crippen LogP) is 2.58. The molecule has 1 aromatic carbocycles. The van der Waals surface area contributed by atoms with Gasteiger partial charge in [0.2, 0.25) is 0 Å². The Hall–Kier alpha value is -1.65. The molecule has 0 fully saturated rings. The first kappa shape index (κ1) is 9.57. The SMILES string of the molecule is N=C1c2ccccc2NC(O)c2sccc21. The summed E-state index contributed by atoms with van der Waals surface area (Å²) in [5.41, 5.74) is 2.92. The fourth-order valence-electron chi connectivity index (χ4n) is 1.92. The van der Waals surface area contributed by atoms with Crippen LogP contribution in [0.15, 0.2) is 35.7 Å². The monoisotopic (exact) mass is 230 g/mol. The van der Waals surface area contributed by atoms with Gasteiger partial charge in [0.25, 0.3) is 0 Å². The predicted molar refractivity (Wildman–Crippen MR) is 65.3 cm³/mol. The Labute approximate surface area is 96.9 Å². The molecule has 4 heteroatoms. The molecule has 2 aromatic rings. The standard InChI is InChI=1S/C12H10N2OS/c13-10-7-3-1-2-4-9(7)14-12(15)11-8(10)5-6-16-11/h1-6,12-15H. The summed E-state index contributed by atoms with van der Waals surface area (Å²) in [6.45, 7) is 0. The molecule has 0 aliphatic carbocycles. The molecule has 1 unspecified atom stereocenters. The molecule has 3 N–H and O–H groups in total. The van der Waals surface area contributed by atoms with E-state index < -0.39 is 6.23 Å². The molecule has 0 radical (unpaired) electrons. The Bertz CT molecular complexity index is 562. The van der Waals surface area contributed by atoms with Gasteiger partial charge in [-0.25, -0.2) is 0 Å². The summed E-state index contributed by atoms with van der Waals surface area (Å²) >= 11 is 1.47. The maximum Gasteiger partial charge on any atom is 0.160 e. The van der Waals surface area contributed by atoms with Crippen LogP contribution in [0.25, 0.3) is 0 Å². The number of thiophene rings is 1. The zero-order chi connectivity index (χ0) is 11.1. The first-order chi connectivity index (χ1) is 7.77. The van der Waals surface area contributed by atoms with Crippen molar-refractivity contribution in [3.8, 4) is 0 Å². The molecule has 0 saturated carbocycles. The van der Waals surface area contributed by atoms with Gasteiger partial charge in [-0.1, -0.05) is 18.2 Å². The summed E-state index contributed by atoms with van der Waals surface area (Å²) in [7, 11) is 0. The van der Waals surface area contributed by atoms with Crippen molar-refractivity contribution in [3.05, 3.63) is 51.7 Å². The van der Waals surface area contributed by atoms with E-state index in [1.54, 1.807) is 0 Å². The second kappa shape index (κ2) is 3.43. The van der Waals surface area contributed by atoms with Crippen LogP contribution in [0.1, 0.15) is 22.2 Å². The van der Waals surface area contributed by atoms with Crippen molar-refractivity contribution in [1.82, 2.24) is 0 Å². The van der Waals surface area contributed by atoms with Crippen LogP contribution in [0.3, 0.4) is 0 Å². The molecular formula is C12H10N2OS. The van der Waals surface area contributed by atoms with E-state index in [2.05, 4.69) is 5.32 Å². The fraction of sp³-hybridized carbons (Fsp3) is 0.0833. The van der Waals surface area contributed by atoms with Crippen molar-refractivity contribution >= 4 is 22.7 Å². The van der Waals surface area contributed by atoms with Gasteiger partial charge in [0.15, 0.2) is 6.23 Å². The molecule has 0 bridgehead atoms. The van der Waals surface area contributed by atoms with E-state index in [9.17, 15) is 5.11 Å². The van der Waals surface area contributed by atoms with Gasteiger partial charge < -0.3 is 10.4 Å². The van der Waals surface area contributed by atoms with Gasteiger partial charge in [-0.2, -0.15) is 0 Å². The molecule has 16 heavy (non-hydrogen) atoms. The second-order valence-corrected chi connectivity index (χ2v) is 4.61. The van der Waals surface area contributed by atoms with Crippen LogP contribution < -0.4 is 5.32 Å². The normalized spacial score (nSPS) is 18.3. The van der Waals surface area contributed by atoms with Gasteiger partial charge in [-0.15, -0.1) is 11.3 Å². The molecule has 0 saturated heterocycles. The molecule has 3 rings (SSSR count). The van der Waals surface area contributed by atoms with Gasteiger partial charge in [0, 0.05) is 16.8 Å². The number of aliphatic hydroxyl groups is 1. The van der Waals surface area contributed by atoms with Crippen LogP contribution in [-0.4, -0.2) is 10.8 Å². The van der Waals surface area contributed by atoms with Crippen molar-refractivity contribution in [2.24, 2.45) is 0 Å². The second-order valence-electron chi connectivity index (χ2n) is 3.67. The maximum absolute atomic E-state index is 10.00. The lowest BCUT2D eigenvalue weighted by atomic mass is 10.0. The number of anilines is 1. The number of aliphatic hydroxyl groups excluding tert-OH is 1. The van der Waals surface area contributed by atoms with E-state index >= 15 is 0 Å². The van der Waals surface area contributed by atoms with Crippen LogP contribution in [-0.2, 0) is 0 Å². The zero-order valence-electron chi connectivity index (χ0n) is 8.40. The van der Waals surface area contributed by atoms with Crippen LogP contribution in [0.4, 0.5) is 5.69 Å². The molecule has 2 heterocycles. The molecule has 1 atom stereocenters. The smallest absolute Gasteiger partial charge is 0.160 e. The molecule has 0 amide bonds. The van der Waals surface area contributed by atoms with E-state index in [-0.39, 0.29) is 0 Å². The summed E-state index contributed by atoms with van der Waals surface area (Å²) in [5, 5.41) is 23.1. The first-order valence-electron chi connectivity index (χ1n) is 4.97. The van der Waals surface area contributed by atoms with E-state index in [1.165, 1.54) is 11.3 Å². The number of fused-ring (bicyclic) bond motifs is 2. The minimum absolute atomic E-state index is 0.468. The molecule has 1 aromatic heterocycles. The average Bonchev–Trinajstić information content (AvgIpc) is 2.74. The van der Waals surface area contributed by atoms with Crippen molar-refractivity contribution in [3.63, 3.8) is 0 Å². The summed E-state index contributed by atoms with van der Waals surface area (Å²) in [6.07, 6.45) is -0.723. The van der Waals surface area contributed by atoms with Gasteiger partial charge in [0.1, 0.15) is 0 Å². The highest BCUT2D eigenvalue weighted by molar-refractivity contribution is 7.10. The van der Waals surface area contributed by atoms with Gasteiger partial charge in [-0.3, -0.25) is 5.41 Å². The lowest BCUT2D eigenvalue weighted by Gasteiger charge is -2.11. The number of para-hydroxylation sites is 1. The molecule has 1 aliphatic rings. The minimum atomic E-state index is -0.723. The number of hydrogen-bond acceptors (Lipinski definition) is 4. The topological polar surface area (TPSA) is 56.1 Å². The summed E-state index contributed by atoms with van der Waals surface area (Å²) in [4.78, 5) is 0.807. The van der Waals surface area contributed by atoms with E-state index in [1.807, 2.05) is 35.7 Å². The maximum atomic E-state index is 10.00. The number of hydrogen-bond donors (Lipinski definition) is 3. The van der Waals surface area contributed by atoms with Crippen LogP contribution in [0.2, 0.25) is 0 Å². The largest absolute Gasteiger partial charge is 0.369 e. The summed E-state index contributed by atoms with van der Waals surface area (Å²) in [5.74, 6) is 0. The van der Waals surface area contributed by atoms with Crippen molar-refractivity contribution in [2.45, 2.75) is 6.23 Å². The highest BCUT2D eigenvalue weighted by Crippen LogP contribution is 2.33. The van der Waals surface area contributed by atoms with Crippen LogP contribution in [0.5, 0.6) is 0 Å². The molecular weight excluding hydrogens is 220 g/mol. The van der Waals surface area contributed by atoms with Crippen molar-refractivity contribution < 1.29 is 5.11 Å². The lowest BCUT2D eigenvalue weighted by molar-refractivity contribution is 0.212. The fourth-order valence-corrected chi connectivity index (χ4v) is 2.76. The molecule has 1 aliphatic heterocycles.